The number of carbonyl (C=O) groups is 1. The second-order valence-electron chi connectivity index (χ2n) is 4.82. The molecule has 0 aliphatic heterocycles. The summed E-state index contributed by atoms with van der Waals surface area (Å²) < 4.78 is 21.0. The summed E-state index contributed by atoms with van der Waals surface area (Å²) in [6, 6.07) is 6.19. The zero-order valence-electron chi connectivity index (χ0n) is 12.2. The van der Waals surface area contributed by atoms with Crippen LogP contribution < -0.4 is 4.74 Å². The Morgan fingerprint density at radius 2 is 2.05 bits per heavy atom. The molecule has 0 N–H and O–H groups in total. The number of aromatic nitrogens is 1. The number of rotatable bonds is 5. The number of Topliss-reactive ketones (excluding diaryl/α,β-unsaturated/α-hetero) is 1. The van der Waals surface area contributed by atoms with Gasteiger partial charge in [-0.15, -0.1) is 0 Å². The van der Waals surface area contributed by atoms with Crippen molar-refractivity contribution in [2.75, 3.05) is 6.61 Å². The molecule has 0 atom stereocenters. The monoisotopic (exact) mass is 353 g/mol. The number of aryl methyl sites for hydroxylation is 1. The lowest BCUT2D eigenvalue weighted by Crippen LogP contribution is -2.13. The van der Waals surface area contributed by atoms with Crippen LogP contribution in [-0.4, -0.2) is 17.0 Å². The number of nitrogens with zero attached hydrogens (tertiary/aromatic N) is 1. The fourth-order valence-electron chi connectivity index (χ4n) is 2.36. The maximum absolute atomic E-state index is 13.1. The molecule has 21 heavy (non-hydrogen) atoms. The van der Waals surface area contributed by atoms with Gasteiger partial charge >= 0.3 is 0 Å². The topological polar surface area (TPSA) is 31.2 Å². The van der Waals surface area contributed by atoms with E-state index in [0.717, 1.165) is 17.9 Å². The first kappa shape index (κ1) is 15.8. The van der Waals surface area contributed by atoms with Gasteiger partial charge in [-0.2, -0.15) is 0 Å². The Morgan fingerprint density at radius 3 is 2.62 bits per heavy atom. The quantitative estimate of drug-likeness (QED) is 0.750. The largest absolute Gasteiger partial charge is 0.485 e. The fourth-order valence-corrected chi connectivity index (χ4v) is 2.72. The van der Waals surface area contributed by atoms with E-state index >= 15 is 0 Å². The Balaban J connectivity index is 2.10. The first-order valence-corrected chi connectivity index (χ1v) is 7.51. The van der Waals surface area contributed by atoms with E-state index < -0.39 is 0 Å². The molecule has 1 aromatic heterocycles. The number of hydrogen-bond donors (Lipinski definition) is 0. The van der Waals surface area contributed by atoms with Gasteiger partial charge < -0.3 is 9.30 Å². The third-order valence-corrected chi connectivity index (χ3v) is 4.06. The van der Waals surface area contributed by atoms with Gasteiger partial charge in [0.15, 0.2) is 6.61 Å². The zero-order chi connectivity index (χ0) is 15.6. The van der Waals surface area contributed by atoms with Crippen LogP contribution in [0.25, 0.3) is 0 Å². The Hall–Kier alpha value is -1.62. The lowest BCUT2D eigenvalue weighted by Gasteiger charge is -2.07. The van der Waals surface area contributed by atoms with Crippen LogP contribution in [0.4, 0.5) is 4.39 Å². The molecule has 2 rings (SSSR count). The number of ether oxygens (including phenoxy) is 1. The SMILES string of the molecule is CCn1c(C)cc(C(=O)COc2ccc(F)c(Br)c2)c1C. The number of halogens is 2. The van der Waals surface area contributed by atoms with Crippen molar-refractivity contribution in [3.8, 4) is 5.75 Å². The summed E-state index contributed by atoms with van der Waals surface area (Å²) in [6.07, 6.45) is 0. The van der Waals surface area contributed by atoms with Crippen LogP contribution in [0.3, 0.4) is 0 Å². The van der Waals surface area contributed by atoms with Crippen molar-refractivity contribution in [3.63, 3.8) is 0 Å². The molecule has 112 valence electrons. The molecular weight excluding hydrogens is 337 g/mol. The predicted octanol–water partition coefficient (Wildman–Crippen LogP) is 4.29. The molecule has 0 spiro atoms. The van der Waals surface area contributed by atoms with Gasteiger partial charge in [0.1, 0.15) is 11.6 Å². The zero-order valence-corrected chi connectivity index (χ0v) is 13.8. The van der Waals surface area contributed by atoms with Gasteiger partial charge in [-0.3, -0.25) is 4.79 Å². The minimum atomic E-state index is -0.361. The molecule has 2 aromatic rings. The van der Waals surface area contributed by atoms with Crippen molar-refractivity contribution in [1.82, 2.24) is 4.57 Å². The van der Waals surface area contributed by atoms with Gasteiger partial charge in [0.05, 0.1) is 4.47 Å². The predicted molar refractivity (Wildman–Crippen MR) is 83.5 cm³/mol. The molecule has 0 saturated carbocycles. The molecule has 1 heterocycles. The van der Waals surface area contributed by atoms with Crippen molar-refractivity contribution in [3.05, 3.63) is 51.5 Å². The molecule has 0 fully saturated rings. The highest BCUT2D eigenvalue weighted by atomic mass is 79.9. The van der Waals surface area contributed by atoms with Crippen LogP contribution in [0, 0.1) is 19.7 Å². The van der Waals surface area contributed by atoms with E-state index in [4.69, 9.17) is 4.74 Å². The van der Waals surface area contributed by atoms with E-state index in [1.807, 2.05) is 26.8 Å². The van der Waals surface area contributed by atoms with Crippen molar-refractivity contribution < 1.29 is 13.9 Å². The summed E-state index contributed by atoms with van der Waals surface area (Å²) >= 11 is 3.09. The Labute approximate surface area is 131 Å². The van der Waals surface area contributed by atoms with Crippen LogP contribution in [0.5, 0.6) is 5.75 Å². The van der Waals surface area contributed by atoms with Crippen molar-refractivity contribution in [2.24, 2.45) is 0 Å². The fraction of sp³-hybridized carbons (Fsp3) is 0.312. The van der Waals surface area contributed by atoms with E-state index in [2.05, 4.69) is 20.5 Å². The molecule has 0 saturated heterocycles. The summed E-state index contributed by atoms with van der Waals surface area (Å²) in [6.45, 7) is 6.72. The van der Waals surface area contributed by atoms with Crippen molar-refractivity contribution in [2.45, 2.75) is 27.3 Å². The minimum Gasteiger partial charge on any atom is -0.485 e. The molecule has 0 amide bonds. The van der Waals surface area contributed by atoms with E-state index in [-0.39, 0.29) is 18.2 Å². The smallest absolute Gasteiger partial charge is 0.202 e. The van der Waals surface area contributed by atoms with Gasteiger partial charge in [0, 0.05) is 23.5 Å². The van der Waals surface area contributed by atoms with E-state index in [0.29, 0.717) is 15.8 Å². The third-order valence-electron chi connectivity index (χ3n) is 3.45. The molecule has 0 unspecified atom stereocenters. The lowest BCUT2D eigenvalue weighted by molar-refractivity contribution is 0.0920. The molecule has 0 aliphatic rings. The number of ketones is 1. The molecule has 3 nitrogen and oxygen atoms in total. The number of hydrogen-bond acceptors (Lipinski definition) is 2. The van der Waals surface area contributed by atoms with E-state index in [9.17, 15) is 9.18 Å². The second kappa shape index (κ2) is 6.43. The summed E-state index contributed by atoms with van der Waals surface area (Å²) in [5.74, 6) is 0.0179. The molecular formula is C16H17BrFNO2. The Kier molecular flexibility index (Phi) is 4.83. The summed E-state index contributed by atoms with van der Waals surface area (Å²) in [5.41, 5.74) is 2.68. The normalized spacial score (nSPS) is 10.7. The number of benzene rings is 1. The first-order chi connectivity index (χ1) is 9.93. The molecule has 0 bridgehead atoms. The van der Waals surface area contributed by atoms with Gasteiger partial charge in [-0.25, -0.2) is 4.39 Å². The van der Waals surface area contributed by atoms with Gasteiger partial charge in [-0.05, 0) is 61.0 Å². The summed E-state index contributed by atoms with van der Waals surface area (Å²) in [7, 11) is 0. The minimum absolute atomic E-state index is 0.0634. The van der Waals surface area contributed by atoms with Gasteiger partial charge in [0.2, 0.25) is 5.78 Å². The standard InChI is InChI=1S/C16H17BrFNO2/c1-4-19-10(2)7-13(11(19)3)16(20)9-21-12-5-6-15(18)14(17)8-12/h5-8H,4,9H2,1-3H3. The number of carbonyl (C=O) groups excluding carboxylic acids is 1. The third kappa shape index (κ3) is 3.35. The van der Waals surface area contributed by atoms with Crippen LogP contribution in [0.2, 0.25) is 0 Å². The molecule has 1 aromatic carbocycles. The van der Waals surface area contributed by atoms with Crippen molar-refractivity contribution >= 4 is 21.7 Å². The van der Waals surface area contributed by atoms with Crippen LogP contribution in [0.1, 0.15) is 28.7 Å². The molecule has 5 heteroatoms. The van der Waals surface area contributed by atoms with Crippen LogP contribution >= 0.6 is 15.9 Å². The maximum atomic E-state index is 13.1. The lowest BCUT2D eigenvalue weighted by atomic mass is 10.1. The van der Waals surface area contributed by atoms with E-state index in [1.165, 1.54) is 18.2 Å². The summed E-state index contributed by atoms with van der Waals surface area (Å²) in [5, 5.41) is 0. The average Bonchev–Trinajstić information content (AvgIpc) is 2.74. The second-order valence-corrected chi connectivity index (χ2v) is 5.67. The first-order valence-electron chi connectivity index (χ1n) is 6.71. The van der Waals surface area contributed by atoms with Gasteiger partial charge in [-0.1, -0.05) is 0 Å². The molecule has 0 radical (unpaired) electrons. The maximum Gasteiger partial charge on any atom is 0.202 e. The highest BCUT2D eigenvalue weighted by Crippen LogP contribution is 2.22. The van der Waals surface area contributed by atoms with Crippen LogP contribution in [-0.2, 0) is 6.54 Å². The summed E-state index contributed by atoms with van der Waals surface area (Å²) in [4.78, 5) is 12.2. The molecule has 0 aliphatic carbocycles. The average molecular weight is 354 g/mol. The highest BCUT2D eigenvalue weighted by molar-refractivity contribution is 9.10. The Morgan fingerprint density at radius 1 is 1.33 bits per heavy atom. The van der Waals surface area contributed by atoms with Crippen molar-refractivity contribution in [1.29, 1.82) is 0 Å². The highest BCUT2D eigenvalue weighted by Gasteiger charge is 2.15. The Bertz CT molecular complexity index is 679. The van der Waals surface area contributed by atoms with Gasteiger partial charge in [0.25, 0.3) is 0 Å². The van der Waals surface area contributed by atoms with E-state index in [1.54, 1.807) is 0 Å². The van der Waals surface area contributed by atoms with Crippen LogP contribution in [0.15, 0.2) is 28.7 Å².